The van der Waals surface area contributed by atoms with E-state index in [2.05, 4.69) is 0 Å². The van der Waals surface area contributed by atoms with Crippen LogP contribution in [0.1, 0.15) is 33.3 Å². The van der Waals surface area contributed by atoms with Crippen LogP contribution in [0, 0.1) is 0 Å². The molecule has 2 rings (SSSR count). The number of rotatable bonds is 9. The normalized spacial score (nSPS) is 24.8. The van der Waals surface area contributed by atoms with Crippen LogP contribution >= 0.6 is 21.6 Å². The van der Waals surface area contributed by atoms with Crippen LogP contribution in [0.2, 0.25) is 0 Å². The fourth-order valence-corrected chi connectivity index (χ4v) is 5.53. The van der Waals surface area contributed by atoms with E-state index in [-0.39, 0.29) is 6.61 Å². The van der Waals surface area contributed by atoms with Crippen molar-refractivity contribution >= 4 is 45.5 Å². The van der Waals surface area contributed by atoms with Gasteiger partial charge in [-0.25, -0.2) is 0 Å². The predicted octanol–water partition coefficient (Wildman–Crippen LogP) is 2.65. The van der Waals surface area contributed by atoms with Gasteiger partial charge < -0.3 is 23.7 Å². The Kier molecular flexibility index (Phi) is 10.3. The summed E-state index contributed by atoms with van der Waals surface area (Å²) >= 11 is 0. The molecule has 0 saturated carbocycles. The van der Waals surface area contributed by atoms with Crippen LogP contribution in [0.3, 0.4) is 0 Å². The summed E-state index contributed by atoms with van der Waals surface area (Å²) in [5.41, 5.74) is 0.292. The van der Waals surface area contributed by atoms with Crippen LogP contribution in [-0.4, -0.2) is 60.3 Å². The highest BCUT2D eigenvalue weighted by molar-refractivity contribution is 8.76. The Hall–Kier alpha value is -2.24. The average molecular weight is 487 g/mol. The van der Waals surface area contributed by atoms with Gasteiger partial charge in [-0.2, -0.15) is 0 Å². The minimum atomic E-state index is -1.15. The smallest absolute Gasteiger partial charge is 0.303 e. The van der Waals surface area contributed by atoms with E-state index >= 15 is 0 Å². The first kappa shape index (κ1) is 26.0. The van der Waals surface area contributed by atoms with Crippen LogP contribution in [-0.2, 0) is 48.6 Å². The second-order valence-electron chi connectivity index (χ2n) is 6.91. The molecule has 1 saturated heterocycles. The maximum Gasteiger partial charge on any atom is 0.303 e. The lowest BCUT2D eigenvalue weighted by Crippen LogP contribution is -2.61. The summed E-state index contributed by atoms with van der Waals surface area (Å²) in [4.78, 5) is 46.7. The first-order chi connectivity index (χ1) is 15.2. The largest absolute Gasteiger partial charge is 0.463 e. The highest BCUT2D eigenvalue weighted by Crippen LogP contribution is 2.40. The van der Waals surface area contributed by atoms with Crippen molar-refractivity contribution in [3.05, 3.63) is 35.9 Å². The molecule has 11 heteroatoms. The van der Waals surface area contributed by atoms with E-state index in [1.54, 1.807) is 0 Å². The summed E-state index contributed by atoms with van der Waals surface area (Å²) in [5.74, 6) is -1.84. The third-order valence-electron chi connectivity index (χ3n) is 4.18. The van der Waals surface area contributed by atoms with Gasteiger partial charge in [0, 0.05) is 33.4 Å². The molecular weight excluding hydrogens is 460 g/mol. The Morgan fingerprint density at radius 2 is 1.38 bits per heavy atom. The summed E-state index contributed by atoms with van der Waals surface area (Å²) in [7, 11) is 2.73. The third-order valence-corrected chi connectivity index (χ3v) is 6.67. The van der Waals surface area contributed by atoms with Gasteiger partial charge in [-0.15, -0.1) is 0 Å². The monoisotopic (exact) mass is 486 g/mol. The van der Waals surface area contributed by atoms with Crippen molar-refractivity contribution in [1.82, 2.24) is 0 Å². The standard InChI is InChI=1S/C21H26O9S2/c1-12(22)26-10-17-18(27-13(2)23)19(28-14(3)24)20(29-15(4)25)21(30-17)32-31-11-16-8-6-5-7-9-16/h5-9,17-21H,10-11H2,1-4H3/t17-,18-,19+,20+,21-/m1/s1. The minimum absolute atomic E-state index is 0.238. The maximum atomic E-state index is 11.8. The topological polar surface area (TPSA) is 114 Å². The fraction of sp³-hybridized carbons (Fsp3) is 0.524. The Labute approximate surface area is 194 Å². The molecule has 176 valence electrons. The first-order valence-electron chi connectivity index (χ1n) is 9.80. The highest BCUT2D eigenvalue weighted by Gasteiger charge is 2.52. The highest BCUT2D eigenvalue weighted by atomic mass is 33.1. The summed E-state index contributed by atoms with van der Waals surface area (Å²) in [6, 6.07) is 9.71. The molecule has 0 spiro atoms. The van der Waals surface area contributed by atoms with Crippen LogP contribution in [0.4, 0.5) is 0 Å². The lowest BCUT2D eigenvalue weighted by Gasteiger charge is -2.43. The van der Waals surface area contributed by atoms with Crippen LogP contribution < -0.4 is 0 Å². The van der Waals surface area contributed by atoms with Crippen molar-refractivity contribution in [2.45, 2.75) is 63.3 Å². The molecule has 0 radical (unpaired) electrons. The van der Waals surface area contributed by atoms with Crippen molar-refractivity contribution < 1.29 is 42.9 Å². The first-order valence-corrected chi connectivity index (χ1v) is 12.2. The molecule has 0 N–H and O–H groups in total. The van der Waals surface area contributed by atoms with Crippen LogP contribution in [0.25, 0.3) is 0 Å². The lowest BCUT2D eigenvalue weighted by atomic mass is 9.99. The lowest BCUT2D eigenvalue weighted by molar-refractivity contribution is -0.237. The Bertz CT molecular complexity index is 802. The van der Waals surface area contributed by atoms with Gasteiger partial charge in [0.2, 0.25) is 0 Å². The van der Waals surface area contributed by atoms with Gasteiger partial charge in [-0.05, 0) is 5.56 Å². The molecule has 9 nitrogen and oxygen atoms in total. The fourth-order valence-electron chi connectivity index (χ4n) is 3.01. The molecule has 1 heterocycles. The predicted molar refractivity (Wildman–Crippen MR) is 117 cm³/mol. The molecule has 1 aliphatic heterocycles. The van der Waals surface area contributed by atoms with Crippen molar-refractivity contribution in [3.8, 4) is 0 Å². The molecule has 32 heavy (non-hydrogen) atoms. The van der Waals surface area contributed by atoms with Gasteiger partial charge in [0.25, 0.3) is 0 Å². The Morgan fingerprint density at radius 3 is 1.94 bits per heavy atom. The number of carbonyl (C=O) groups excluding carboxylic acids is 4. The Morgan fingerprint density at radius 1 is 0.812 bits per heavy atom. The van der Waals surface area contributed by atoms with E-state index in [4.69, 9.17) is 23.7 Å². The Balaban J connectivity index is 2.28. The van der Waals surface area contributed by atoms with E-state index < -0.39 is 53.7 Å². The summed E-state index contributed by atoms with van der Waals surface area (Å²) < 4.78 is 27.3. The summed E-state index contributed by atoms with van der Waals surface area (Å²) in [6.45, 7) is 4.59. The molecule has 1 aromatic rings. The summed E-state index contributed by atoms with van der Waals surface area (Å²) in [6.07, 6.45) is -4.28. The van der Waals surface area contributed by atoms with Gasteiger partial charge in [-0.3, -0.25) is 19.2 Å². The van der Waals surface area contributed by atoms with Crippen LogP contribution in [0.5, 0.6) is 0 Å². The minimum Gasteiger partial charge on any atom is -0.463 e. The van der Waals surface area contributed by atoms with E-state index in [0.29, 0.717) is 5.75 Å². The quantitative estimate of drug-likeness (QED) is 0.291. The molecule has 0 unspecified atom stereocenters. The van der Waals surface area contributed by atoms with E-state index in [1.807, 2.05) is 30.3 Å². The number of benzene rings is 1. The zero-order valence-corrected chi connectivity index (χ0v) is 19.8. The molecular formula is C21H26O9S2. The number of esters is 4. The van der Waals surface area contributed by atoms with E-state index in [0.717, 1.165) is 5.56 Å². The van der Waals surface area contributed by atoms with Crippen molar-refractivity contribution in [1.29, 1.82) is 0 Å². The second kappa shape index (κ2) is 12.7. The number of carbonyl (C=O) groups is 4. The van der Waals surface area contributed by atoms with Crippen molar-refractivity contribution in [2.75, 3.05) is 6.61 Å². The SMILES string of the molecule is CC(=O)OC[C@H]1O[C@H](SSCc2ccccc2)[C@@H](OC(C)=O)[C@@H](OC(C)=O)[C@@H]1OC(C)=O. The van der Waals surface area contributed by atoms with Crippen molar-refractivity contribution in [2.24, 2.45) is 0 Å². The molecule has 0 aromatic heterocycles. The van der Waals surface area contributed by atoms with Gasteiger partial charge >= 0.3 is 23.9 Å². The van der Waals surface area contributed by atoms with Gasteiger partial charge in [0.15, 0.2) is 23.7 Å². The molecule has 1 fully saturated rings. The average Bonchev–Trinajstić information content (AvgIpc) is 2.70. The number of ether oxygens (including phenoxy) is 5. The van der Waals surface area contributed by atoms with E-state index in [9.17, 15) is 19.2 Å². The zero-order chi connectivity index (χ0) is 23.7. The van der Waals surface area contributed by atoms with Gasteiger partial charge in [0.1, 0.15) is 12.7 Å². The molecule has 1 aliphatic rings. The van der Waals surface area contributed by atoms with Gasteiger partial charge in [-0.1, -0.05) is 51.9 Å². The van der Waals surface area contributed by atoms with E-state index in [1.165, 1.54) is 49.3 Å². The molecule has 0 aliphatic carbocycles. The second-order valence-corrected chi connectivity index (χ2v) is 9.38. The number of hydrogen-bond donors (Lipinski definition) is 0. The number of hydrogen-bond acceptors (Lipinski definition) is 11. The summed E-state index contributed by atoms with van der Waals surface area (Å²) in [5, 5.41) is 0. The molecule has 1 aromatic carbocycles. The van der Waals surface area contributed by atoms with Crippen LogP contribution in [0.15, 0.2) is 30.3 Å². The zero-order valence-electron chi connectivity index (χ0n) is 18.2. The molecule has 0 bridgehead atoms. The van der Waals surface area contributed by atoms with Gasteiger partial charge in [0.05, 0.1) is 0 Å². The maximum absolute atomic E-state index is 11.8. The third kappa shape index (κ3) is 8.36. The van der Waals surface area contributed by atoms with Crippen molar-refractivity contribution in [3.63, 3.8) is 0 Å². The molecule has 0 amide bonds. The molecule has 5 atom stereocenters.